The van der Waals surface area contributed by atoms with E-state index in [1.54, 1.807) is 12.3 Å². The van der Waals surface area contributed by atoms with Gasteiger partial charge in [0.15, 0.2) is 0 Å². The Morgan fingerprint density at radius 2 is 1.93 bits per heavy atom. The smallest absolute Gasteiger partial charge is 0.234 e. The molecule has 1 aliphatic rings. The van der Waals surface area contributed by atoms with Crippen LogP contribution in [0.4, 0.5) is 0 Å². The monoisotopic (exact) mass is 359 g/mol. The summed E-state index contributed by atoms with van der Waals surface area (Å²) in [4.78, 5) is 17.8. The molecule has 2 aromatic rings. The molecule has 136 valence electrons. The van der Waals surface area contributed by atoms with Crippen LogP contribution in [0.5, 0.6) is 0 Å². The van der Waals surface area contributed by atoms with Gasteiger partial charge in [-0.05, 0) is 36.1 Å². The summed E-state index contributed by atoms with van der Waals surface area (Å²) < 4.78 is 0. The summed E-state index contributed by atoms with van der Waals surface area (Å²) in [7, 11) is 0. The number of hydrogen-bond acceptors (Lipinski definition) is 5. The number of nitrogens with zero attached hydrogens (tertiary/aromatic N) is 4. The Kier molecular flexibility index (Phi) is 5.80. The second-order valence-electron chi connectivity index (χ2n) is 6.74. The van der Waals surface area contributed by atoms with Gasteiger partial charge < -0.3 is 5.73 Å². The van der Waals surface area contributed by atoms with E-state index in [1.165, 1.54) is 0 Å². The van der Waals surface area contributed by atoms with Crippen LogP contribution in [-0.2, 0) is 11.2 Å². The normalized spacial score (nSPS) is 18.2. The van der Waals surface area contributed by atoms with Crippen molar-refractivity contribution in [2.24, 2.45) is 5.73 Å². The highest BCUT2D eigenvalue weighted by Gasteiger charge is 2.32. The zero-order chi connectivity index (χ0) is 19.2. The number of hydrogen-bond donors (Lipinski definition) is 1. The SMILES string of the molecule is N#Cc1ccc(-c2ccc(C[C@@H](C#N)N3CCCCC3C(N)=O)cc2)cn1. The fraction of sp³-hybridized carbons (Fsp3) is 0.333. The highest BCUT2D eigenvalue weighted by molar-refractivity contribution is 5.80. The third-order valence-electron chi connectivity index (χ3n) is 5.02. The number of piperidine rings is 1. The highest BCUT2D eigenvalue weighted by atomic mass is 16.1. The Hall–Kier alpha value is -3.22. The van der Waals surface area contributed by atoms with Crippen LogP contribution in [0.15, 0.2) is 42.6 Å². The first-order chi connectivity index (χ1) is 13.1. The number of primary amides is 1. The molecule has 0 bridgehead atoms. The Bertz CT molecular complexity index is 877. The Labute approximate surface area is 158 Å². The maximum atomic E-state index is 11.7. The quantitative estimate of drug-likeness (QED) is 0.882. The molecule has 0 radical (unpaired) electrons. The van der Waals surface area contributed by atoms with Crippen molar-refractivity contribution < 1.29 is 4.79 Å². The summed E-state index contributed by atoms with van der Waals surface area (Å²) in [6.07, 6.45) is 4.89. The standard InChI is InChI=1S/C21H21N5O/c22-12-18-9-8-17(14-25-18)16-6-4-15(5-7-16)11-19(13-23)26-10-2-1-3-20(26)21(24)27/h4-9,14,19-20H,1-3,10-11H2,(H2,24,27)/t19-,20?/m0/s1. The number of nitriles is 2. The second kappa shape index (κ2) is 8.44. The van der Waals surface area contributed by atoms with Crippen LogP contribution >= 0.6 is 0 Å². The topological polar surface area (TPSA) is 107 Å². The molecule has 1 amide bonds. The molecule has 1 aromatic carbocycles. The van der Waals surface area contributed by atoms with E-state index in [4.69, 9.17) is 11.0 Å². The Morgan fingerprint density at radius 1 is 1.19 bits per heavy atom. The third kappa shape index (κ3) is 4.31. The number of pyridine rings is 1. The molecule has 0 aliphatic carbocycles. The number of carbonyl (C=O) groups excluding carboxylic acids is 1. The molecule has 1 saturated heterocycles. The van der Waals surface area contributed by atoms with E-state index < -0.39 is 0 Å². The molecule has 6 heteroatoms. The van der Waals surface area contributed by atoms with Gasteiger partial charge in [0.2, 0.25) is 5.91 Å². The van der Waals surface area contributed by atoms with E-state index >= 15 is 0 Å². The van der Waals surface area contributed by atoms with Crippen molar-refractivity contribution in [3.63, 3.8) is 0 Å². The third-order valence-corrected chi connectivity index (χ3v) is 5.02. The fourth-order valence-corrected chi connectivity index (χ4v) is 3.56. The Morgan fingerprint density at radius 3 is 2.52 bits per heavy atom. The number of aromatic nitrogens is 1. The van der Waals surface area contributed by atoms with Gasteiger partial charge in [-0.3, -0.25) is 9.69 Å². The van der Waals surface area contributed by atoms with E-state index in [9.17, 15) is 10.1 Å². The number of rotatable bonds is 5. The zero-order valence-electron chi connectivity index (χ0n) is 15.0. The first kappa shape index (κ1) is 18.6. The summed E-state index contributed by atoms with van der Waals surface area (Å²) in [6.45, 7) is 0.723. The molecule has 0 spiro atoms. The first-order valence-electron chi connectivity index (χ1n) is 9.02. The number of likely N-dealkylation sites (tertiary alicyclic amines) is 1. The van der Waals surface area contributed by atoms with Crippen LogP contribution in [0.1, 0.15) is 30.5 Å². The lowest BCUT2D eigenvalue weighted by Crippen LogP contribution is -2.52. The minimum absolute atomic E-state index is 0.349. The van der Waals surface area contributed by atoms with Gasteiger partial charge in [0.1, 0.15) is 17.8 Å². The maximum Gasteiger partial charge on any atom is 0.234 e. The van der Waals surface area contributed by atoms with Crippen molar-refractivity contribution in [3.05, 3.63) is 53.9 Å². The number of amides is 1. The molecule has 2 heterocycles. The summed E-state index contributed by atoms with van der Waals surface area (Å²) in [5, 5.41) is 18.5. The number of benzene rings is 1. The van der Waals surface area contributed by atoms with Crippen molar-refractivity contribution in [2.75, 3.05) is 6.54 Å². The fourth-order valence-electron chi connectivity index (χ4n) is 3.56. The first-order valence-corrected chi connectivity index (χ1v) is 9.02. The molecule has 1 aliphatic heterocycles. The van der Waals surface area contributed by atoms with E-state index in [2.05, 4.69) is 11.1 Å². The van der Waals surface area contributed by atoms with Gasteiger partial charge in [0.25, 0.3) is 0 Å². The second-order valence-corrected chi connectivity index (χ2v) is 6.74. The molecule has 1 aromatic heterocycles. The van der Waals surface area contributed by atoms with Crippen LogP contribution in [-0.4, -0.2) is 34.4 Å². The summed E-state index contributed by atoms with van der Waals surface area (Å²) in [6, 6.07) is 15.1. The molecule has 27 heavy (non-hydrogen) atoms. The van der Waals surface area contributed by atoms with E-state index in [0.29, 0.717) is 12.1 Å². The van der Waals surface area contributed by atoms with Crippen LogP contribution < -0.4 is 5.73 Å². The predicted molar refractivity (Wildman–Crippen MR) is 101 cm³/mol. The molecule has 1 fully saturated rings. The average Bonchev–Trinajstić information content (AvgIpc) is 2.72. The lowest BCUT2D eigenvalue weighted by atomic mass is 9.96. The minimum atomic E-state index is -0.370. The Balaban J connectivity index is 1.73. The lowest BCUT2D eigenvalue weighted by molar-refractivity contribution is -0.125. The highest BCUT2D eigenvalue weighted by Crippen LogP contribution is 2.23. The molecule has 2 N–H and O–H groups in total. The summed E-state index contributed by atoms with van der Waals surface area (Å²) in [5.41, 5.74) is 8.88. The zero-order valence-corrected chi connectivity index (χ0v) is 15.0. The van der Waals surface area contributed by atoms with Crippen LogP contribution in [0.2, 0.25) is 0 Å². The van der Waals surface area contributed by atoms with Gasteiger partial charge in [-0.25, -0.2) is 4.98 Å². The van der Waals surface area contributed by atoms with Gasteiger partial charge in [0, 0.05) is 24.7 Å². The van der Waals surface area contributed by atoms with Crippen LogP contribution in [0.25, 0.3) is 11.1 Å². The average molecular weight is 359 g/mol. The molecule has 0 saturated carbocycles. The minimum Gasteiger partial charge on any atom is -0.368 e. The van der Waals surface area contributed by atoms with Gasteiger partial charge in [-0.1, -0.05) is 30.7 Å². The molecular formula is C21H21N5O. The van der Waals surface area contributed by atoms with E-state index in [1.807, 2.05) is 41.3 Å². The summed E-state index contributed by atoms with van der Waals surface area (Å²) >= 11 is 0. The van der Waals surface area contributed by atoms with Crippen molar-refractivity contribution in [2.45, 2.75) is 37.8 Å². The van der Waals surface area contributed by atoms with Crippen molar-refractivity contribution >= 4 is 5.91 Å². The van der Waals surface area contributed by atoms with Crippen molar-refractivity contribution in [3.8, 4) is 23.3 Å². The number of nitrogens with two attached hydrogens (primary N) is 1. The van der Waals surface area contributed by atoms with Crippen LogP contribution in [0, 0.1) is 22.7 Å². The largest absolute Gasteiger partial charge is 0.368 e. The maximum absolute atomic E-state index is 11.7. The molecule has 1 unspecified atom stereocenters. The van der Waals surface area contributed by atoms with Gasteiger partial charge in [-0.15, -0.1) is 0 Å². The molecular weight excluding hydrogens is 338 g/mol. The predicted octanol–water partition coefficient (Wildman–Crippen LogP) is 2.39. The molecule has 6 nitrogen and oxygen atoms in total. The van der Waals surface area contributed by atoms with Gasteiger partial charge in [-0.2, -0.15) is 10.5 Å². The van der Waals surface area contributed by atoms with Crippen molar-refractivity contribution in [1.29, 1.82) is 10.5 Å². The van der Waals surface area contributed by atoms with Crippen LogP contribution in [0.3, 0.4) is 0 Å². The lowest BCUT2D eigenvalue weighted by Gasteiger charge is -2.36. The van der Waals surface area contributed by atoms with Crippen molar-refractivity contribution in [1.82, 2.24) is 9.88 Å². The van der Waals surface area contributed by atoms with Gasteiger partial charge in [0.05, 0.1) is 12.1 Å². The van der Waals surface area contributed by atoms with Gasteiger partial charge >= 0.3 is 0 Å². The van der Waals surface area contributed by atoms with E-state index in [0.717, 1.165) is 42.5 Å². The number of carbonyl (C=O) groups is 1. The molecule has 2 atom stereocenters. The molecule has 3 rings (SSSR count). The summed E-state index contributed by atoms with van der Waals surface area (Å²) in [5.74, 6) is -0.349. The van der Waals surface area contributed by atoms with E-state index in [-0.39, 0.29) is 18.0 Å².